The second-order valence-electron chi connectivity index (χ2n) is 12.9. The minimum Gasteiger partial charge on any atom is -0.456 e. The highest BCUT2D eigenvalue weighted by molar-refractivity contribution is 6.30. The highest BCUT2D eigenvalue weighted by Crippen LogP contribution is 2.44. The molecule has 3 nitrogen and oxygen atoms in total. The molecule has 0 unspecified atom stereocenters. The van der Waals surface area contributed by atoms with Crippen molar-refractivity contribution in [3.05, 3.63) is 170 Å². The molecule has 3 heterocycles. The molecule has 0 atom stereocenters. The van der Waals surface area contributed by atoms with Crippen LogP contribution in [0.15, 0.2) is 174 Å². The molecule has 3 heteroatoms. The molecule has 11 aromatic rings. The Hall–Kier alpha value is -6.58. The van der Waals surface area contributed by atoms with Crippen molar-refractivity contribution in [3.63, 3.8) is 0 Å². The second-order valence-corrected chi connectivity index (χ2v) is 12.9. The van der Waals surface area contributed by atoms with Crippen LogP contribution in [0.2, 0.25) is 0 Å². The Kier molecular flexibility index (Phi) is 5.38. The Morgan fingerprint density at radius 3 is 1.65 bits per heavy atom. The minimum atomic E-state index is 0.900. The summed E-state index contributed by atoms with van der Waals surface area (Å²) >= 11 is 0. The van der Waals surface area contributed by atoms with Gasteiger partial charge in [0.25, 0.3) is 0 Å². The van der Waals surface area contributed by atoms with Crippen molar-refractivity contribution in [2.45, 2.75) is 0 Å². The number of nitrogens with zero attached hydrogens (tertiary/aromatic N) is 2. The summed E-state index contributed by atoms with van der Waals surface area (Å²) in [6.45, 7) is 0. The van der Waals surface area contributed by atoms with Gasteiger partial charge < -0.3 is 13.7 Å². The van der Waals surface area contributed by atoms with Gasteiger partial charge in [-0.3, -0.25) is 0 Å². The lowest BCUT2D eigenvalue weighted by molar-refractivity contribution is 0.669. The van der Waals surface area contributed by atoms with Crippen LogP contribution >= 0.6 is 0 Å². The summed E-state index contributed by atoms with van der Waals surface area (Å²) in [4.78, 5) is 2.29. The van der Waals surface area contributed by atoms with Crippen molar-refractivity contribution >= 4 is 87.9 Å². The normalized spacial score (nSPS) is 12.1. The highest BCUT2D eigenvalue weighted by atomic mass is 16.3. The van der Waals surface area contributed by atoms with Gasteiger partial charge in [-0.1, -0.05) is 103 Å². The van der Waals surface area contributed by atoms with Gasteiger partial charge in [0.1, 0.15) is 11.2 Å². The summed E-state index contributed by atoms with van der Waals surface area (Å²) in [5.74, 6) is 0. The number of aromatic nitrogens is 1. The summed E-state index contributed by atoms with van der Waals surface area (Å²) < 4.78 is 9.06. The Balaban J connectivity index is 1.06. The molecule has 0 bridgehead atoms. The van der Waals surface area contributed by atoms with E-state index in [0.29, 0.717) is 0 Å². The molecule has 0 spiro atoms. The number of para-hydroxylation sites is 4. The molecule has 0 fully saturated rings. The molecular weight excluding hydrogens is 597 g/mol. The molecule has 0 N–H and O–H groups in total. The van der Waals surface area contributed by atoms with E-state index in [9.17, 15) is 0 Å². The summed E-state index contributed by atoms with van der Waals surface area (Å²) in [5.41, 5.74) is 11.3. The standard InChI is InChI=1S/C46H28N2O/c1-3-10-31(11-4-1)47(32-12-5-2-6-13-32)33-21-18-29(19-22-33)30-20-23-40-43(28-30)49-42-27-26-38-35(44(40)42)24-25-39-37-16-9-15-36-34-14-7-8-17-41(34)48(45(36)37)46(38)39/h1-28H. The molecule has 0 saturated carbocycles. The van der Waals surface area contributed by atoms with E-state index < -0.39 is 0 Å². The maximum Gasteiger partial charge on any atom is 0.136 e. The molecule has 0 amide bonds. The van der Waals surface area contributed by atoms with Gasteiger partial charge in [-0.2, -0.15) is 0 Å². The zero-order valence-corrected chi connectivity index (χ0v) is 26.5. The monoisotopic (exact) mass is 624 g/mol. The fraction of sp³-hybridized carbons (Fsp3) is 0. The van der Waals surface area contributed by atoms with Crippen molar-refractivity contribution in [1.82, 2.24) is 4.40 Å². The lowest BCUT2D eigenvalue weighted by Crippen LogP contribution is -2.09. The van der Waals surface area contributed by atoms with Gasteiger partial charge in [0, 0.05) is 54.8 Å². The van der Waals surface area contributed by atoms with E-state index in [4.69, 9.17) is 4.42 Å². The van der Waals surface area contributed by atoms with E-state index in [1.807, 2.05) is 0 Å². The van der Waals surface area contributed by atoms with Gasteiger partial charge in [0.15, 0.2) is 0 Å². The molecular formula is C46H28N2O. The molecule has 49 heavy (non-hydrogen) atoms. The van der Waals surface area contributed by atoms with Crippen LogP contribution in [-0.2, 0) is 0 Å². The number of rotatable bonds is 4. The van der Waals surface area contributed by atoms with E-state index in [1.54, 1.807) is 0 Å². The molecule has 228 valence electrons. The van der Waals surface area contributed by atoms with E-state index in [0.717, 1.165) is 44.7 Å². The van der Waals surface area contributed by atoms with Crippen LogP contribution in [0, 0.1) is 0 Å². The predicted octanol–water partition coefficient (Wildman–Crippen LogP) is 13.0. The molecule has 0 aliphatic rings. The SMILES string of the molecule is c1ccc(N(c2ccccc2)c2ccc(-c3ccc4c(c3)oc3ccc5c(ccc6c7cccc8c9ccccc9n(c56)c87)c34)cc2)cc1. The third-order valence-corrected chi connectivity index (χ3v) is 10.3. The zero-order chi connectivity index (χ0) is 32.1. The van der Waals surface area contributed by atoms with Gasteiger partial charge in [-0.15, -0.1) is 0 Å². The van der Waals surface area contributed by atoms with Gasteiger partial charge in [0.2, 0.25) is 0 Å². The van der Waals surface area contributed by atoms with E-state index >= 15 is 0 Å². The van der Waals surface area contributed by atoms with Gasteiger partial charge in [0.05, 0.1) is 16.6 Å². The Bertz CT molecular complexity index is 2990. The van der Waals surface area contributed by atoms with Crippen molar-refractivity contribution in [2.75, 3.05) is 4.90 Å². The average molecular weight is 625 g/mol. The highest BCUT2D eigenvalue weighted by Gasteiger charge is 2.20. The fourth-order valence-electron chi connectivity index (χ4n) is 8.17. The van der Waals surface area contributed by atoms with Crippen molar-refractivity contribution in [1.29, 1.82) is 0 Å². The van der Waals surface area contributed by atoms with Crippen molar-refractivity contribution < 1.29 is 4.42 Å². The van der Waals surface area contributed by atoms with Crippen LogP contribution in [0.4, 0.5) is 17.1 Å². The molecule has 0 radical (unpaired) electrons. The summed E-state index contributed by atoms with van der Waals surface area (Å²) in [6.07, 6.45) is 0. The lowest BCUT2D eigenvalue weighted by atomic mass is 9.99. The van der Waals surface area contributed by atoms with Crippen LogP contribution in [0.1, 0.15) is 0 Å². The van der Waals surface area contributed by atoms with Crippen LogP contribution in [0.3, 0.4) is 0 Å². The number of hydrogen-bond donors (Lipinski definition) is 0. The van der Waals surface area contributed by atoms with Crippen LogP contribution < -0.4 is 4.90 Å². The number of hydrogen-bond acceptors (Lipinski definition) is 2. The van der Waals surface area contributed by atoms with E-state index in [2.05, 4.69) is 179 Å². The van der Waals surface area contributed by atoms with Gasteiger partial charge in [-0.05, 0) is 83.2 Å². The fourth-order valence-corrected chi connectivity index (χ4v) is 8.17. The average Bonchev–Trinajstić information content (AvgIpc) is 3.83. The van der Waals surface area contributed by atoms with E-state index in [1.165, 1.54) is 54.3 Å². The first-order valence-electron chi connectivity index (χ1n) is 16.8. The lowest BCUT2D eigenvalue weighted by Gasteiger charge is -2.25. The van der Waals surface area contributed by atoms with Gasteiger partial charge >= 0.3 is 0 Å². The first-order valence-corrected chi connectivity index (χ1v) is 16.8. The number of benzene rings is 8. The maximum absolute atomic E-state index is 6.58. The minimum absolute atomic E-state index is 0.900. The van der Waals surface area contributed by atoms with E-state index in [-0.39, 0.29) is 0 Å². The third-order valence-electron chi connectivity index (χ3n) is 10.3. The number of furan rings is 1. The molecule has 0 aliphatic carbocycles. The maximum atomic E-state index is 6.58. The largest absolute Gasteiger partial charge is 0.456 e. The molecule has 11 rings (SSSR count). The van der Waals surface area contributed by atoms with Gasteiger partial charge in [-0.25, -0.2) is 0 Å². The Morgan fingerprint density at radius 2 is 0.898 bits per heavy atom. The quantitative estimate of drug-likeness (QED) is 0.194. The first-order chi connectivity index (χ1) is 24.3. The molecule has 8 aromatic carbocycles. The Morgan fingerprint density at radius 1 is 0.367 bits per heavy atom. The third kappa shape index (κ3) is 3.73. The molecule has 0 saturated heterocycles. The number of fused-ring (bicyclic) bond motifs is 12. The zero-order valence-electron chi connectivity index (χ0n) is 26.5. The molecule has 3 aromatic heterocycles. The topological polar surface area (TPSA) is 20.8 Å². The predicted molar refractivity (Wildman–Crippen MR) is 206 cm³/mol. The summed E-state index contributed by atoms with van der Waals surface area (Å²) in [5, 5.41) is 9.95. The summed E-state index contributed by atoms with van der Waals surface area (Å²) in [6, 6.07) is 60.9. The van der Waals surface area contributed by atoms with Crippen LogP contribution in [0.5, 0.6) is 0 Å². The van der Waals surface area contributed by atoms with Crippen LogP contribution in [-0.4, -0.2) is 4.40 Å². The van der Waals surface area contributed by atoms with Crippen molar-refractivity contribution in [3.8, 4) is 11.1 Å². The smallest absolute Gasteiger partial charge is 0.136 e. The second kappa shape index (κ2) is 9.96. The summed E-state index contributed by atoms with van der Waals surface area (Å²) in [7, 11) is 0. The molecule has 0 aliphatic heterocycles. The first kappa shape index (κ1) is 26.5. The Labute approximate surface area is 281 Å². The number of anilines is 3. The van der Waals surface area contributed by atoms with Crippen LogP contribution in [0.25, 0.3) is 81.9 Å². The van der Waals surface area contributed by atoms with Crippen molar-refractivity contribution in [2.24, 2.45) is 0 Å².